The van der Waals surface area contributed by atoms with E-state index in [-0.39, 0.29) is 42.7 Å². The van der Waals surface area contributed by atoms with Gasteiger partial charge in [-0.3, -0.25) is 9.59 Å². The Balaban J connectivity index is 1.67. The Labute approximate surface area is 170 Å². The van der Waals surface area contributed by atoms with E-state index >= 15 is 0 Å². The summed E-state index contributed by atoms with van der Waals surface area (Å²) in [5.41, 5.74) is 0.712. The highest BCUT2D eigenvalue weighted by molar-refractivity contribution is 6.30. The average Bonchev–Trinajstić information content (AvgIpc) is 2.68. The van der Waals surface area contributed by atoms with Gasteiger partial charge in [0.25, 0.3) is 5.91 Å². The second-order valence-electron chi connectivity index (χ2n) is 6.04. The Morgan fingerprint density at radius 3 is 2.41 bits per heavy atom. The van der Waals surface area contributed by atoms with Crippen molar-refractivity contribution in [2.24, 2.45) is 0 Å². The number of rotatable bonds is 9. The topological polar surface area (TPSA) is 67.4 Å². The first-order valence-electron chi connectivity index (χ1n) is 8.50. The van der Waals surface area contributed by atoms with E-state index < -0.39 is 23.4 Å². The second kappa shape index (κ2) is 10.5. The van der Waals surface area contributed by atoms with Crippen LogP contribution in [-0.2, 0) is 16.1 Å². The van der Waals surface area contributed by atoms with Crippen LogP contribution in [0.5, 0.6) is 5.75 Å². The van der Waals surface area contributed by atoms with E-state index in [4.69, 9.17) is 16.3 Å². The molecular weight excluding hydrogens is 409 g/mol. The lowest BCUT2D eigenvalue weighted by atomic mass is 10.2. The Bertz CT molecular complexity index is 922. The molecule has 0 spiro atoms. The van der Waals surface area contributed by atoms with Crippen LogP contribution in [0, 0.1) is 17.5 Å². The summed E-state index contributed by atoms with van der Waals surface area (Å²) >= 11 is 5.56. The molecule has 0 aliphatic heterocycles. The molecule has 0 unspecified atom stereocenters. The van der Waals surface area contributed by atoms with Crippen LogP contribution in [0.2, 0.25) is 5.02 Å². The molecule has 0 aromatic heterocycles. The van der Waals surface area contributed by atoms with Crippen molar-refractivity contribution in [1.29, 1.82) is 0 Å². The van der Waals surface area contributed by atoms with E-state index in [1.165, 1.54) is 18.2 Å². The van der Waals surface area contributed by atoms with Crippen LogP contribution in [0.3, 0.4) is 0 Å². The van der Waals surface area contributed by atoms with Crippen molar-refractivity contribution >= 4 is 23.4 Å². The van der Waals surface area contributed by atoms with Crippen molar-refractivity contribution in [2.75, 3.05) is 6.61 Å². The van der Waals surface area contributed by atoms with Gasteiger partial charge in [0, 0.05) is 24.7 Å². The number of carbonyl (C=O) groups excluding carboxylic acids is 2. The van der Waals surface area contributed by atoms with E-state index in [1.807, 2.05) is 0 Å². The first-order chi connectivity index (χ1) is 13.7. The fourth-order valence-electron chi connectivity index (χ4n) is 2.21. The standard InChI is InChI=1S/C20H18ClF3N2O3/c1-12(26-20(28)11-29-14-4-5-15(21)17(23)9-14)2-7-19(27)25-10-13-3-6-16(22)18(24)8-13/h3-6,8-9H,1-2,7,10-11H2,(H,25,27)(H,26,28). The number of ether oxygens (including phenoxy) is 1. The molecule has 2 N–H and O–H groups in total. The SMILES string of the molecule is C=C(CCC(=O)NCc1ccc(F)c(F)c1)NC(=O)COc1ccc(Cl)c(F)c1. The number of carbonyl (C=O) groups is 2. The number of allylic oxidation sites excluding steroid dienone is 1. The molecule has 2 amide bonds. The number of hydrogen-bond acceptors (Lipinski definition) is 3. The molecule has 0 saturated heterocycles. The zero-order valence-corrected chi connectivity index (χ0v) is 16.0. The van der Waals surface area contributed by atoms with Crippen LogP contribution in [0.1, 0.15) is 18.4 Å². The highest BCUT2D eigenvalue weighted by atomic mass is 35.5. The van der Waals surface area contributed by atoms with Gasteiger partial charge in [0.05, 0.1) is 5.02 Å². The van der Waals surface area contributed by atoms with E-state index in [1.54, 1.807) is 0 Å². The Kier molecular flexibility index (Phi) is 8.09. The van der Waals surface area contributed by atoms with Crippen LogP contribution in [-0.4, -0.2) is 18.4 Å². The predicted octanol–water partition coefficient (Wildman–Crippen LogP) is 3.86. The van der Waals surface area contributed by atoms with Crippen molar-refractivity contribution in [3.63, 3.8) is 0 Å². The summed E-state index contributed by atoms with van der Waals surface area (Å²) in [4.78, 5) is 23.6. The molecule has 0 heterocycles. The zero-order chi connectivity index (χ0) is 21.4. The first kappa shape index (κ1) is 22.3. The molecule has 0 fully saturated rings. The van der Waals surface area contributed by atoms with Gasteiger partial charge in [-0.25, -0.2) is 13.2 Å². The molecule has 0 bridgehead atoms. The molecule has 2 aromatic rings. The van der Waals surface area contributed by atoms with Crippen LogP contribution >= 0.6 is 11.6 Å². The Hall–Kier alpha value is -3.00. The lowest BCUT2D eigenvalue weighted by Crippen LogP contribution is -2.29. The van der Waals surface area contributed by atoms with Gasteiger partial charge >= 0.3 is 0 Å². The van der Waals surface area contributed by atoms with Gasteiger partial charge in [-0.15, -0.1) is 0 Å². The van der Waals surface area contributed by atoms with E-state index in [0.717, 1.165) is 18.2 Å². The van der Waals surface area contributed by atoms with Crippen LogP contribution in [0.15, 0.2) is 48.7 Å². The van der Waals surface area contributed by atoms with Gasteiger partial charge in [-0.1, -0.05) is 24.2 Å². The smallest absolute Gasteiger partial charge is 0.262 e. The summed E-state index contributed by atoms with van der Waals surface area (Å²) in [7, 11) is 0. The van der Waals surface area contributed by atoms with Crippen molar-refractivity contribution < 1.29 is 27.5 Å². The second-order valence-corrected chi connectivity index (χ2v) is 6.45. The molecule has 0 saturated carbocycles. The highest BCUT2D eigenvalue weighted by Gasteiger charge is 2.09. The number of benzene rings is 2. The number of halogens is 4. The predicted molar refractivity (Wildman–Crippen MR) is 102 cm³/mol. The molecule has 2 aromatic carbocycles. The molecule has 2 rings (SSSR count). The van der Waals surface area contributed by atoms with Crippen molar-refractivity contribution in [3.8, 4) is 5.75 Å². The maximum Gasteiger partial charge on any atom is 0.262 e. The summed E-state index contributed by atoms with van der Waals surface area (Å²) in [5, 5.41) is 4.97. The van der Waals surface area contributed by atoms with Crippen LogP contribution in [0.4, 0.5) is 13.2 Å². The third-order valence-corrected chi connectivity index (χ3v) is 4.01. The molecular formula is C20H18ClF3N2O3. The lowest BCUT2D eigenvalue weighted by molar-refractivity contribution is -0.123. The normalized spacial score (nSPS) is 10.3. The zero-order valence-electron chi connectivity index (χ0n) is 15.2. The van der Waals surface area contributed by atoms with Crippen molar-refractivity contribution in [3.05, 3.63) is 76.7 Å². The van der Waals surface area contributed by atoms with Crippen molar-refractivity contribution in [2.45, 2.75) is 19.4 Å². The summed E-state index contributed by atoms with van der Waals surface area (Å²) in [6.07, 6.45) is 0.205. The maximum atomic E-state index is 13.3. The van der Waals surface area contributed by atoms with Gasteiger partial charge in [0.15, 0.2) is 18.2 Å². The van der Waals surface area contributed by atoms with E-state index in [9.17, 15) is 22.8 Å². The van der Waals surface area contributed by atoms with Crippen molar-refractivity contribution in [1.82, 2.24) is 10.6 Å². The molecule has 9 heteroatoms. The quantitative estimate of drug-likeness (QED) is 0.639. The summed E-state index contributed by atoms with van der Waals surface area (Å²) < 4.78 is 44.4. The fraction of sp³-hybridized carbons (Fsp3) is 0.200. The van der Waals surface area contributed by atoms with E-state index in [2.05, 4.69) is 17.2 Å². The minimum absolute atomic E-state index is 0.0338. The molecule has 0 radical (unpaired) electrons. The minimum Gasteiger partial charge on any atom is -0.484 e. The number of amides is 2. The van der Waals surface area contributed by atoms with Crippen LogP contribution in [0.25, 0.3) is 0 Å². The maximum absolute atomic E-state index is 13.3. The molecule has 0 atom stereocenters. The minimum atomic E-state index is -0.989. The molecule has 0 aliphatic rings. The lowest BCUT2D eigenvalue weighted by Gasteiger charge is -2.10. The van der Waals surface area contributed by atoms with Gasteiger partial charge in [-0.05, 0) is 36.2 Å². The summed E-state index contributed by atoms with van der Waals surface area (Å²) in [6, 6.07) is 7.13. The van der Waals surface area contributed by atoms with Gasteiger partial charge < -0.3 is 15.4 Å². The summed E-state index contributed by atoms with van der Waals surface area (Å²) in [6.45, 7) is 3.32. The fourth-order valence-corrected chi connectivity index (χ4v) is 2.33. The monoisotopic (exact) mass is 426 g/mol. The van der Waals surface area contributed by atoms with Gasteiger partial charge in [0.1, 0.15) is 11.6 Å². The molecule has 29 heavy (non-hydrogen) atoms. The largest absolute Gasteiger partial charge is 0.484 e. The number of nitrogens with one attached hydrogen (secondary N) is 2. The van der Waals surface area contributed by atoms with Gasteiger partial charge in [0.2, 0.25) is 5.91 Å². The Morgan fingerprint density at radius 1 is 0.966 bits per heavy atom. The van der Waals surface area contributed by atoms with E-state index in [0.29, 0.717) is 11.3 Å². The van der Waals surface area contributed by atoms with Gasteiger partial charge in [-0.2, -0.15) is 0 Å². The first-order valence-corrected chi connectivity index (χ1v) is 8.88. The molecule has 154 valence electrons. The summed E-state index contributed by atoms with van der Waals surface area (Å²) in [5.74, 6) is -3.34. The third-order valence-electron chi connectivity index (χ3n) is 3.70. The molecule has 5 nitrogen and oxygen atoms in total. The Morgan fingerprint density at radius 2 is 1.72 bits per heavy atom. The third kappa shape index (κ3) is 7.50. The highest BCUT2D eigenvalue weighted by Crippen LogP contribution is 2.20. The number of hydrogen-bond donors (Lipinski definition) is 2. The average molecular weight is 427 g/mol. The van der Waals surface area contributed by atoms with Crippen LogP contribution < -0.4 is 15.4 Å². The molecule has 0 aliphatic carbocycles.